The molecule has 2 heterocycles. The van der Waals surface area contributed by atoms with Gasteiger partial charge in [-0.2, -0.15) is 8.42 Å². The van der Waals surface area contributed by atoms with Gasteiger partial charge >= 0.3 is 5.97 Å². The summed E-state index contributed by atoms with van der Waals surface area (Å²) in [4.78, 5) is 29.1. The molecule has 43 heavy (non-hydrogen) atoms. The van der Waals surface area contributed by atoms with Crippen LogP contribution in [0.2, 0.25) is 10.0 Å². The van der Waals surface area contributed by atoms with Crippen molar-refractivity contribution in [1.29, 1.82) is 0 Å². The Kier molecular flexibility index (Phi) is 9.85. The normalized spacial score (nSPS) is 23.3. The first-order chi connectivity index (χ1) is 20.5. The predicted octanol–water partition coefficient (Wildman–Crippen LogP) is 6.47. The molecule has 1 aromatic heterocycles. The molecule has 2 aromatic carbocycles. The van der Waals surface area contributed by atoms with Crippen molar-refractivity contribution in [2.24, 2.45) is 11.3 Å². The quantitative estimate of drug-likeness (QED) is 0.122. The van der Waals surface area contributed by atoms with Crippen molar-refractivity contribution in [3.63, 3.8) is 0 Å². The Morgan fingerprint density at radius 2 is 1.86 bits per heavy atom. The summed E-state index contributed by atoms with van der Waals surface area (Å²) in [6, 6.07) is 17.6. The molecule has 12 heteroatoms. The topological polar surface area (TPSA) is 113 Å². The molecular formula is C31H34Cl2N2O6S2. The van der Waals surface area contributed by atoms with Gasteiger partial charge in [-0.1, -0.05) is 60.5 Å². The molecule has 4 unspecified atom stereocenters. The molecule has 5 rings (SSSR count). The number of nitrogens with zero attached hydrogens (tertiary/aromatic N) is 1. The molecule has 1 aliphatic carbocycles. The standard InChI is InChI=1S/C31H34Cl2N2O6S2/c1-31(16-28(36)37)15-26(22-4-2-5-24(33)14-22)29(21-9-11-23(32)12-10-21)35(30(31)38)27(20-7-8-20)17-34-19-41-43(39,40)18-25-6-3-13-42-25/h2-6,9-14,20,26-27,29,34H,7-8,15-19H2,1H3,(H,36,37). The van der Waals surface area contributed by atoms with Gasteiger partial charge in [0.1, 0.15) is 12.5 Å². The molecule has 1 aliphatic heterocycles. The second-order valence-corrected chi connectivity index (χ2v) is 15.2. The third kappa shape index (κ3) is 7.79. The van der Waals surface area contributed by atoms with E-state index >= 15 is 0 Å². The zero-order chi connectivity index (χ0) is 30.8. The number of rotatable bonds is 13. The van der Waals surface area contributed by atoms with Gasteiger partial charge < -0.3 is 10.0 Å². The van der Waals surface area contributed by atoms with Crippen LogP contribution in [0, 0.1) is 11.3 Å². The Labute approximate surface area is 266 Å². The van der Waals surface area contributed by atoms with Gasteiger partial charge in [-0.05, 0) is 72.0 Å². The fourth-order valence-electron chi connectivity index (χ4n) is 6.17. The Balaban J connectivity index is 1.48. The van der Waals surface area contributed by atoms with Gasteiger partial charge in [0, 0.05) is 33.4 Å². The summed E-state index contributed by atoms with van der Waals surface area (Å²) in [7, 11) is -3.80. The van der Waals surface area contributed by atoms with Gasteiger partial charge in [0.15, 0.2) is 0 Å². The number of benzene rings is 2. The summed E-state index contributed by atoms with van der Waals surface area (Å²) in [6.45, 7) is 1.76. The Bertz CT molecular complexity index is 1550. The smallest absolute Gasteiger partial charge is 0.304 e. The lowest BCUT2D eigenvalue weighted by Crippen LogP contribution is -2.58. The van der Waals surface area contributed by atoms with Crippen LogP contribution in [0.3, 0.4) is 0 Å². The molecule has 8 nitrogen and oxygen atoms in total. The molecule has 230 valence electrons. The summed E-state index contributed by atoms with van der Waals surface area (Å²) >= 11 is 14.0. The maximum Gasteiger partial charge on any atom is 0.304 e. The predicted molar refractivity (Wildman–Crippen MR) is 168 cm³/mol. The van der Waals surface area contributed by atoms with Crippen LogP contribution in [-0.4, -0.2) is 49.6 Å². The van der Waals surface area contributed by atoms with Gasteiger partial charge in [0.2, 0.25) is 5.91 Å². The fraction of sp³-hybridized carbons (Fsp3) is 0.419. The van der Waals surface area contributed by atoms with Crippen molar-refractivity contribution in [2.75, 3.05) is 13.3 Å². The second kappa shape index (κ2) is 13.3. The van der Waals surface area contributed by atoms with E-state index in [9.17, 15) is 23.1 Å². The number of likely N-dealkylation sites (tertiary alicyclic amines) is 1. The van der Waals surface area contributed by atoms with Gasteiger partial charge in [-0.25, -0.2) is 0 Å². The maximum atomic E-state index is 14.5. The van der Waals surface area contributed by atoms with Crippen molar-refractivity contribution in [3.05, 3.63) is 92.1 Å². The number of hydrogen-bond donors (Lipinski definition) is 2. The Morgan fingerprint density at radius 3 is 2.49 bits per heavy atom. The molecule has 3 aromatic rings. The highest BCUT2D eigenvalue weighted by molar-refractivity contribution is 7.86. The van der Waals surface area contributed by atoms with Crippen LogP contribution in [0.25, 0.3) is 0 Å². The monoisotopic (exact) mass is 664 g/mol. The Morgan fingerprint density at radius 1 is 1.12 bits per heavy atom. The summed E-state index contributed by atoms with van der Waals surface area (Å²) in [5.41, 5.74) is 0.614. The Hall–Kier alpha value is -2.47. The van der Waals surface area contributed by atoms with Gasteiger partial charge in [0.05, 0.1) is 17.9 Å². The van der Waals surface area contributed by atoms with E-state index in [1.54, 1.807) is 37.3 Å². The molecule has 4 atom stereocenters. The SMILES string of the molecule is CC1(CC(=O)O)CC(c2cccc(Cl)c2)C(c2ccc(Cl)cc2)N(C(CNCOS(=O)(=O)Cc2cccs2)C2CC2)C1=O. The van der Waals surface area contributed by atoms with Gasteiger partial charge in [0.25, 0.3) is 10.1 Å². The third-order valence-electron chi connectivity index (χ3n) is 8.25. The van der Waals surface area contributed by atoms with Crippen LogP contribution in [0.5, 0.6) is 0 Å². The third-order valence-corrected chi connectivity index (χ3v) is 10.9. The number of thiophene rings is 1. The van der Waals surface area contributed by atoms with E-state index in [2.05, 4.69) is 5.32 Å². The molecule has 0 radical (unpaired) electrons. The van der Waals surface area contributed by atoms with E-state index < -0.39 is 27.5 Å². The van der Waals surface area contributed by atoms with Crippen LogP contribution in [0.4, 0.5) is 0 Å². The molecule has 2 fully saturated rings. The molecule has 1 saturated heterocycles. The van der Waals surface area contributed by atoms with E-state index in [1.807, 2.05) is 40.6 Å². The minimum atomic E-state index is -3.80. The first-order valence-corrected chi connectivity index (χ1v) is 17.3. The van der Waals surface area contributed by atoms with Gasteiger partial charge in [-0.3, -0.25) is 19.1 Å². The van der Waals surface area contributed by atoms with E-state index in [0.29, 0.717) is 21.3 Å². The number of carboxylic acids is 1. The minimum Gasteiger partial charge on any atom is -0.481 e. The van der Waals surface area contributed by atoms with Crippen LogP contribution in [-0.2, 0) is 29.6 Å². The maximum absolute atomic E-state index is 14.5. The average molecular weight is 666 g/mol. The van der Waals surface area contributed by atoms with Crippen LogP contribution < -0.4 is 5.32 Å². The van der Waals surface area contributed by atoms with E-state index in [4.69, 9.17) is 27.4 Å². The van der Waals surface area contributed by atoms with Crippen LogP contribution in [0.1, 0.15) is 60.6 Å². The number of carbonyl (C=O) groups is 2. The molecule has 2 aliphatic rings. The highest BCUT2D eigenvalue weighted by Crippen LogP contribution is 2.54. The van der Waals surface area contributed by atoms with Crippen molar-refractivity contribution in [2.45, 2.75) is 56.4 Å². The molecule has 1 amide bonds. The fourth-order valence-corrected chi connectivity index (χ4v) is 8.48. The second-order valence-electron chi connectivity index (χ2n) is 11.6. The molecule has 1 saturated carbocycles. The van der Waals surface area contributed by atoms with Crippen molar-refractivity contribution in [3.8, 4) is 0 Å². The first kappa shape index (κ1) is 31.9. The number of nitrogens with one attached hydrogen (secondary N) is 1. The lowest BCUT2D eigenvalue weighted by atomic mass is 9.67. The summed E-state index contributed by atoms with van der Waals surface area (Å²) in [5.74, 6) is -1.59. The molecule has 0 spiro atoms. The van der Waals surface area contributed by atoms with Gasteiger partial charge in [-0.15, -0.1) is 11.3 Å². The van der Waals surface area contributed by atoms with Crippen molar-refractivity contribution >= 4 is 56.5 Å². The number of aliphatic carboxylic acids is 1. The van der Waals surface area contributed by atoms with Crippen LogP contribution in [0.15, 0.2) is 66.0 Å². The number of carbonyl (C=O) groups excluding carboxylic acids is 1. The summed E-state index contributed by atoms with van der Waals surface area (Å²) < 4.78 is 30.3. The minimum absolute atomic E-state index is 0.168. The molecule has 0 bridgehead atoms. The largest absolute Gasteiger partial charge is 0.481 e. The summed E-state index contributed by atoms with van der Waals surface area (Å²) in [6.07, 6.45) is 1.80. The van der Waals surface area contributed by atoms with E-state index in [0.717, 1.165) is 24.0 Å². The first-order valence-electron chi connectivity index (χ1n) is 14.1. The van der Waals surface area contributed by atoms with E-state index in [1.165, 1.54) is 11.3 Å². The number of piperidine rings is 1. The number of halogens is 2. The van der Waals surface area contributed by atoms with Crippen LogP contribution >= 0.6 is 34.5 Å². The lowest BCUT2D eigenvalue weighted by molar-refractivity contribution is -0.161. The number of amides is 1. The van der Waals surface area contributed by atoms with E-state index in [-0.39, 0.29) is 49.2 Å². The van der Waals surface area contributed by atoms with Crippen molar-refractivity contribution in [1.82, 2.24) is 10.2 Å². The van der Waals surface area contributed by atoms with Crippen molar-refractivity contribution < 1.29 is 27.3 Å². The highest BCUT2D eigenvalue weighted by Gasteiger charge is 2.54. The molecule has 2 N–H and O–H groups in total. The zero-order valence-corrected chi connectivity index (χ0v) is 26.8. The molecular weight excluding hydrogens is 631 g/mol. The number of hydrogen-bond acceptors (Lipinski definition) is 7. The number of carboxylic acid groups (broad SMARTS) is 1. The zero-order valence-electron chi connectivity index (χ0n) is 23.6. The lowest BCUT2D eigenvalue weighted by Gasteiger charge is -2.52. The highest BCUT2D eigenvalue weighted by atomic mass is 35.5. The average Bonchev–Trinajstić information content (AvgIpc) is 3.66. The summed E-state index contributed by atoms with van der Waals surface area (Å²) in [5, 5.41) is 15.9.